The summed E-state index contributed by atoms with van der Waals surface area (Å²) in [5.74, 6) is -0.245. The average molecular weight is 505 g/mol. The molecule has 5 saturated carbocycles. The van der Waals surface area contributed by atoms with Gasteiger partial charge >= 0.3 is 5.97 Å². The maximum absolute atomic E-state index is 12.8. The number of carboxylic acid groups (broad SMARTS) is 1. The van der Waals surface area contributed by atoms with Crippen LogP contribution < -0.4 is 0 Å². The van der Waals surface area contributed by atoms with Crippen molar-refractivity contribution in [2.24, 2.45) is 56.7 Å². The Morgan fingerprint density at radius 2 is 1.58 bits per heavy atom. The summed E-state index contributed by atoms with van der Waals surface area (Å²) in [7, 11) is 0. The second kappa shape index (κ2) is 8.03. The fourth-order valence-electron chi connectivity index (χ4n) is 11.8. The molecule has 0 saturated heterocycles. The van der Waals surface area contributed by atoms with E-state index in [0.29, 0.717) is 19.3 Å². The van der Waals surface area contributed by atoms with E-state index < -0.39 is 40.5 Å². The number of rotatable bonds is 3. The van der Waals surface area contributed by atoms with Gasteiger partial charge in [-0.05, 0) is 98.2 Å². The van der Waals surface area contributed by atoms with Crippen molar-refractivity contribution in [3.8, 4) is 0 Å². The lowest BCUT2D eigenvalue weighted by Gasteiger charge is -2.73. The molecule has 0 bridgehead atoms. The second-order valence-corrected chi connectivity index (χ2v) is 14.7. The van der Waals surface area contributed by atoms with Crippen LogP contribution in [0.4, 0.5) is 0 Å². The number of fused-ring (bicyclic) bond motifs is 7. The molecule has 6 heteroatoms. The number of hydrogen-bond donors (Lipinski definition) is 5. The molecule has 0 unspecified atom stereocenters. The van der Waals surface area contributed by atoms with Crippen molar-refractivity contribution in [3.05, 3.63) is 12.2 Å². The van der Waals surface area contributed by atoms with Gasteiger partial charge in [-0.25, -0.2) is 0 Å². The van der Waals surface area contributed by atoms with Crippen LogP contribution in [0.3, 0.4) is 0 Å². The number of allylic oxidation sites excluding steroid dienone is 1. The van der Waals surface area contributed by atoms with Gasteiger partial charge in [-0.1, -0.05) is 39.8 Å². The van der Waals surface area contributed by atoms with Gasteiger partial charge < -0.3 is 25.5 Å². The van der Waals surface area contributed by atoms with Crippen molar-refractivity contribution >= 4 is 5.97 Å². The van der Waals surface area contributed by atoms with Crippen LogP contribution in [0.1, 0.15) is 86.0 Å². The first-order chi connectivity index (χ1) is 16.6. The highest BCUT2D eigenvalue weighted by atomic mass is 16.4. The zero-order chi connectivity index (χ0) is 26.6. The maximum atomic E-state index is 12.8. The van der Waals surface area contributed by atoms with Gasteiger partial charge in [-0.3, -0.25) is 4.79 Å². The number of aliphatic hydroxyl groups is 4. The largest absolute Gasteiger partial charge is 0.481 e. The van der Waals surface area contributed by atoms with E-state index in [1.807, 2.05) is 6.92 Å². The highest BCUT2D eigenvalue weighted by molar-refractivity contribution is 5.76. The smallest absolute Gasteiger partial charge is 0.309 e. The normalized spacial score (nSPS) is 58.2. The third-order valence-electron chi connectivity index (χ3n) is 13.5. The van der Waals surface area contributed by atoms with Crippen molar-refractivity contribution in [1.29, 1.82) is 0 Å². The van der Waals surface area contributed by atoms with Crippen molar-refractivity contribution in [1.82, 2.24) is 0 Å². The Hall–Kier alpha value is -0.950. The fourth-order valence-corrected chi connectivity index (χ4v) is 11.8. The minimum Gasteiger partial charge on any atom is -0.481 e. The number of aliphatic carboxylic acids is 1. The summed E-state index contributed by atoms with van der Waals surface area (Å²) in [6, 6.07) is 0. The average Bonchev–Trinajstić information content (AvgIpc) is 3.19. The molecular formula is C30H48O6. The van der Waals surface area contributed by atoms with Gasteiger partial charge in [-0.2, -0.15) is 0 Å². The minimum absolute atomic E-state index is 0.0631. The van der Waals surface area contributed by atoms with Gasteiger partial charge in [0, 0.05) is 11.3 Å². The van der Waals surface area contributed by atoms with E-state index in [0.717, 1.165) is 37.7 Å². The predicted molar refractivity (Wildman–Crippen MR) is 137 cm³/mol. The zero-order valence-electron chi connectivity index (χ0n) is 22.8. The van der Waals surface area contributed by atoms with E-state index in [2.05, 4.69) is 34.3 Å². The quantitative estimate of drug-likeness (QED) is 0.371. The molecule has 0 spiro atoms. The van der Waals surface area contributed by atoms with E-state index in [1.165, 1.54) is 0 Å². The molecule has 5 rings (SSSR count). The van der Waals surface area contributed by atoms with Gasteiger partial charge in [-0.15, -0.1) is 0 Å². The first-order valence-electron chi connectivity index (χ1n) is 14.2. The highest BCUT2D eigenvalue weighted by Gasteiger charge is 2.74. The highest BCUT2D eigenvalue weighted by Crippen LogP contribution is 2.77. The van der Waals surface area contributed by atoms with Crippen LogP contribution in [0.25, 0.3) is 0 Å². The Labute approximate surface area is 216 Å². The summed E-state index contributed by atoms with van der Waals surface area (Å²) in [6.07, 6.45) is 3.20. The summed E-state index contributed by atoms with van der Waals surface area (Å²) < 4.78 is 0. The van der Waals surface area contributed by atoms with Gasteiger partial charge in [0.05, 0.1) is 30.3 Å². The van der Waals surface area contributed by atoms with Crippen molar-refractivity contribution in [2.45, 2.75) is 104 Å². The molecule has 204 valence electrons. The number of carboxylic acids is 1. The standard InChI is InChI=1S/C30H48O6/c1-16(2)17-9-10-30(25(35)36)12-11-28(5)18(22(17)30)7-8-21-26(3)13-20(33)24(34)27(4,15-31)23(26)19(32)14-29(21,28)6/h17-24,31-34H,1,7-15H2,2-6H3,(H,35,36)/t17-,18+,19+,20+,21+,22+,23+,24-,26+,27-,28+,29+,30-/m0/s1. The first kappa shape index (κ1) is 26.6. The molecule has 0 radical (unpaired) electrons. The van der Waals surface area contributed by atoms with Crippen molar-refractivity contribution < 1.29 is 30.3 Å². The Bertz CT molecular complexity index is 950. The molecule has 0 aliphatic heterocycles. The Balaban J connectivity index is 1.61. The molecule has 36 heavy (non-hydrogen) atoms. The minimum atomic E-state index is -1.08. The monoisotopic (exact) mass is 504 g/mol. The predicted octanol–water partition coefficient (Wildman–Crippen LogP) is 4.00. The lowest BCUT2D eigenvalue weighted by atomic mass is 9.31. The molecule has 5 aliphatic carbocycles. The molecule has 5 fully saturated rings. The van der Waals surface area contributed by atoms with E-state index in [1.54, 1.807) is 0 Å². The van der Waals surface area contributed by atoms with E-state index in [9.17, 15) is 30.3 Å². The number of hydrogen-bond acceptors (Lipinski definition) is 5. The Morgan fingerprint density at radius 3 is 2.17 bits per heavy atom. The first-order valence-corrected chi connectivity index (χ1v) is 14.2. The molecule has 0 aromatic carbocycles. The van der Waals surface area contributed by atoms with Crippen LogP contribution >= 0.6 is 0 Å². The molecule has 0 aromatic rings. The summed E-state index contributed by atoms with van der Waals surface area (Å²) in [5.41, 5.74) is -1.40. The van der Waals surface area contributed by atoms with Crippen LogP contribution in [-0.4, -0.2) is 56.4 Å². The third-order valence-corrected chi connectivity index (χ3v) is 13.5. The molecule has 5 N–H and O–H groups in total. The lowest BCUT2D eigenvalue weighted by molar-refractivity contribution is -0.296. The number of carbonyl (C=O) groups is 1. The number of aliphatic hydroxyl groups excluding tert-OH is 4. The molecule has 6 nitrogen and oxygen atoms in total. The molecule has 0 amide bonds. The van der Waals surface area contributed by atoms with Crippen LogP contribution in [0, 0.1) is 56.7 Å². The summed E-state index contributed by atoms with van der Waals surface area (Å²) in [4.78, 5) is 12.8. The molecular weight excluding hydrogens is 456 g/mol. The molecule has 13 atom stereocenters. The lowest BCUT2D eigenvalue weighted by Crippen LogP contribution is -2.72. The Morgan fingerprint density at radius 1 is 0.917 bits per heavy atom. The fraction of sp³-hybridized carbons (Fsp3) is 0.900. The van der Waals surface area contributed by atoms with Gasteiger partial charge in [0.1, 0.15) is 0 Å². The summed E-state index contributed by atoms with van der Waals surface area (Å²) in [5, 5.41) is 54.7. The van der Waals surface area contributed by atoms with E-state index >= 15 is 0 Å². The van der Waals surface area contributed by atoms with Crippen LogP contribution in [0.2, 0.25) is 0 Å². The maximum Gasteiger partial charge on any atom is 0.309 e. The molecule has 0 aromatic heterocycles. The SMILES string of the molecule is C=C(C)[C@@H]1CC[C@]2(C(=O)O)CC[C@]3(C)[C@H](CC[C@@H]4[C@@]5(C)C[C@@H](O)[C@H](O)[C@@](C)(CO)[C@@H]5[C@H](O)C[C@]43C)[C@@H]12. The summed E-state index contributed by atoms with van der Waals surface area (Å²) >= 11 is 0. The van der Waals surface area contributed by atoms with Crippen molar-refractivity contribution in [3.63, 3.8) is 0 Å². The summed E-state index contributed by atoms with van der Waals surface area (Å²) in [6.45, 7) is 14.7. The molecule has 5 aliphatic rings. The zero-order valence-corrected chi connectivity index (χ0v) is 22.8. The van der Waals surface area contributed by atoms with Gasteiger partial charge in [0.15, 0.2) is 0 Å². The van der Waals surface area contributed by atoms with Gasteiger partial charge in [0.2, 0.25) is 0 Å². The van der Waals surface area contributed by atoms with E-state index in [-0.39, 0.29) is 47.0 Å². The Kier molecular flexibility index (Phi) is 5.95. The molecule has 0 heterocycles. The van der Waals surface area contributed by atoms with Crippen LogP contribution in [0.15, 0.2) is 12.2 Å². The van der Waals surface area contributed by atoms with E-state index in [4.69, 9.17) is 0 Å². The topological polar surface area (TPSA) is 118 Å². The third kappa shape index (κ3) is 2.96. The van der Waals surface area contributed by atoms with Crippen LogP contribution in [0.5, 0.6) is 0 Å². The second-order valence-electron chi connectivity index (χ2n) is 14.7. The van der Waals surface area contributed by atoms with Crippen molar-refractivity contribution in [2.75, 3.05) is 6.61 Å². The van der Waals surface area contributed by atoms with Crippen LogP contribution in [-0.2, 0) is 4.79 Å². The van der Waals surface area contributed by atoms with Gasteiger partial charge in [0.25, 0.3) is 0 Å².